The van der Waals surface area contributed by atoms with E-state index in [4.69, 9.17) is 0 Å². The van der Waals surface area contributed by atoms with E-state index >= 15 is 0 Å². The molecule has 1 aliphatic rings. The van der Waals surface area contributed by atoms with Crippen molar-refractivity contribution in [3.8, 4) is 0 Å². The predicted octanol–water partition coefficient (Wildman–Crippen LogP) is 1.47. The molecule has 1 saturated heterocycles. The summed E-state index contributed by atoms with van der Waals surface area (Å²) in [7, 11) is 0. The molecule has 1 fully saturated rings. The van der Waals surface area contributed by atoms with Crippen molar-refractivity contribution in [3.63, 3.8) is 0 Å². The lowest BCUT2D eigenvalue weighted by Crippen LogP contribution is -1.96. The molecule has 0 aliphatic carbocycles. The van der Waals surface area contributed by atoms with Crippen LogP contribution in [-0.2, 0) is 4.79 Å². The Kier molecular flexibility index (Phi) is 1.95. The molecule has 1 unspecified atom stereocenters. The normalized spacial score (nSPS) is 29.1. The minimum absolute atomic E-state index is 0.432. The minimum Gasteiger partial charge on any atom is -0.299 e. The van der Waals surface area contributed by atoms with Crippen molar-refractivity contribution in [3.05, 3.63) is 0 Å². The van der Waals surface area contributed by atoms with Gasteiger partial charge in [-0.3, -0.25) is 4.79 Å². The molecule has 46 valence electrons. The quantitative estimate of drug-likeness (QED) is 0.534. The topological polar surface area (TPSA) is 17.1 Å². The second-order valence-corrected chi connectivity index (χ2v) is 3.37. The van der Waals surface area contributed by atoms with Gasteiger partial charge in [0.2, 0.25) is 0 Å². The Morgan fingerprint density at radius 1 is 1.88 bits per heavy atom. The number of hydrogen-bond donors (Lipinski definition) is 0. The van der Waals surface area contributed by atoms with Crippen LogP contribution in [0.15, 0.2) is 0 Å². The van der Waals surface area contributed by atoms with Gasteiger partial charge in [-0.1, -0.05) is 6.92 Å². The highest BCUT2D eigenvalue weighted by Crippen LogP contribution is 2.25. The number of hydrogen-bond acceptors (Lipinski definition) is 2. The fraction of sp³-hybridized carbons (Fsp3) is 0.833. The standard InChI is InChI=1S/C6H10OS/c1-2-6-3-5(7)4-8-6/h6H,2-4H2,1H3. The lowest BCUT2D eigenvalue weighted by molar-refractivity contribution is -0.116. The smallest absolute Gasteiger partial charge is 0.143 e. The average molecular weight is 130 g/mol. The monoisotopic (exact) mass is 130 g/mol. The van der Waals surface area contributed by atoms with Crippen molar-refractivity contribution in [1.82, 2.24) is 0 Å². The van der Waals surface area contributed by atoms with Crippen LogP contribution < -0.4 is 0 Å². The van der Waals surface area contributed by atoms with Gasteiger partial charge in [-0.25, -0.2) is 0 Å². The van der Waals surface area contributed by atoms with E-state index in [-0.39, 0.29) is 0 Å². The molecule has 1 nitrogen and oxygen atoms in total. The summed E-state index contributed by atoms with van der Waals surface area (Å²) in [4.78, 5) is 10.6. The van der Waals surface area contributed by atoms with E-state index in [9.17, 15) is 4.79 Å². The molecule has 1 aliphatic heterocycles. The second-order valence-electron chi connectivity index (χ2n) is 2.08. The van der Waals surface area contributed by atoms with Crippen LogP contribution >= 0.6 is 11.8 Å². The summed E-state index contributed by atoms with van der Waals surface area (Å²) in [6.07, 6.45) is 1.97. The van der Waals surface area contributed by atoms with Crippen LogP contribution in [0.3, 0.4) is 0 Å². The van der Waals surface area contributed by atoms with Crippen LogP contribution in [0.2, 0.25) is 0 Å². The third kappa shape index (κ3) is 1.25. The second kappa shape index (κ2) is 2.53. The maximum atomic E-state index is 10.6. The lowest BCUT2D eigenvalue weighted by Gasteiger charge is -1.98. The molecule has 8 heavy (non-hydrogen) atoms. The zero-order valence-corrected chi connectivity index (χ0v) is 5.83. The molecule has 1 heterocycles. The Labute approximate surface area is 53.8 Å². The molecule has 0 spiro atoms. The maximum absolute atomic E-state index is 10.6. The summed E-state index contributed by atoms with van der Waals surface area (Å²) in [5.41, 5.74) is 0. The largest absolute Gasteiger partial charge is 0.299 e. The third-order valence-electron chi connectivity index (χ3n) is 1.39. The predicted molar refractivity (Wildman–Crippen MR) is 36.2 cm³/mol. The first-order chi connectivity index (χ1) is 3.83. The molecule has 0 radical (unpaired) electrons. The van der Waals surface area contributed by atoms with Crippen molar-refractivity contribution < 1.29 is 4.79 Å². The van der Waals surface area contributed by atoms with Gasteiger partial charge in [-0.2, -0.15) is 11.8 Å². The van der Waals surface area contributed by atoms with Gasteiger partial charge in [0.25, 0.3) is 0 Å². The van der Waals surface area contributed by atoms with Crippen molar-refractivity contribution in [2.75, 3.05) is 5.75 Å². The highest BCUT2D eigenvalue weighted by molar-refractivity contribution is 8.01. The number of carbonyl (C=O) groups excluding carboxylic acids is 1. The van der Waals surface area contributed by atoms with Crippen LogP contribution in [0.25, 0.3) is 0 Å². The fourth-order valence-corrected chi connectivity index (χ4v) is 1.92. The van der Waals surface area contributed by atoms with Gasteiger partial charge in [0.1, 0.15) is 5.78 Å². The molecule has 1 atom stereocenters. The SMILES string of the molecule is CCC1CC(=O)CS1. The van der Waals surface area contributed by atoms with E-state index in [1.54, 1.807) is 11.8 Å². The van der Waals surface area contributed by atoms with Crippen LogP contribution in [0.4, 0.5) is 0 Å². The van der Waals surface area contributed by atoms with Crippen molar-refractivity contribution in [2.24, 2.45) is 0 Å². The first-order valence-electron chi connectivity index (χ1n) is 2.96. The zero-order valence-electron chi connectivity index (χ0n) is 5.02. The lowest BCUT2D eigenvalue weighted by atomic mass is 10.2. The van der Waals surface area contributed by atoms with E-state index in [0.29, 0.717) is 11.0 Å². The maximum Gasteiger partial charge on any atom is 0.143 e. The summed E-state index contributed by atoms with van der Waals surface area (Å²) in [5, 5.41) is 0.641. The van der Waals surface area contributed by atoms with E-state index < -0.39 is 0 Å². The van der Waals surface area contributed by atoms with Gasteiger partial charge in [-0.15, -0.1) is 0 Å². The number of carbonyl (C=O) groups is 1. The Balaban J connectivity index is 2.32. The van der Waals surface area contributed by atoms with Crippen LogP contribution in [-0.4, -0.2) is 16.8 Å². The molecular weight excluding hydrogens is 120 g/mol. The fourth-order valence-electron chi connectivity index (χ4n) is 0.845. The van der Waals surface area contributed by atoms with Crippen molar-refractivity contribution in [1.29, 1.82) is 0 Å². The Bertz CT molecular complexity index is 101. The molecule has 0 aromatic rings. The van der Waals surface area contributed by atoms with E-state index in [2.05, 4.69) is 6.92 Å². The number of ketones is 1. The summed E-state index contributed by atoms with van der Waals surface area (Å²) < 4.78 is 0. The average Bonchev–Trinajstić information content (AvgIpc) is 2.14. The minimum atomic E-state index is 0.432. The summed E-state index contributed by atoms with van der Waals surface area (Å²) in [5.74, 6) is 1.19. The third-order valence-corrected chi connectivity index (χ3v) is 2.85. The number of thioether (sulfide) groups is 1. The molecule has 1 rings (SSSR count). The van der Waals surface area contributed by atoms with Crippen LogP contribution in [0, 0.1) is 0 Å². The Hall–Kier alpha value is 0.0200. The molecule has 0 saturated carbocycles. The van der Waals surface area contributed by atoms with Gasteiger partial charge in [0, 0.05) is 11.7 Å². The van der Waals surface area contributed by atoms with Gasteiger partial charge in [0.15, 0.2) is 0 Å². The molecule has 0 amide bonds. The Morgan fingerprint density at radius 3 is 2.88 bits per heavy atom. The first kappa shape index (κ1) is 6.14. The molecule has 0 bridgehead atoms. The highest BCUT2D eigenvalue weighted by atomic mass is 32.2. The van der Waals surface area contributed by atoms with Gasteiger partial charge in [0.05, 0.1) is 5.75 Å². The summed E-state index contributed by atoms with van der Waals surface area (Å²) in [6, 6.07) is 0. The summed E-state index contributed by atoms with van der Waals surface area (Å²) in [6.45, 7) is 2.14. The van der Waals surface area contributed by atoms with Crippen molar-refractivity contribution >= 4 is 17.5 Å². The molecular formula is C6H10OS. The first-order valence-corrected chi connectivity index (χ1v) is 4.01. The van der Waals surface area contributed by atoms with E-state index in [1.165, 1.54) is 0 Å². The van der Waals surface area contributed by atoms with E-state index in [1.807, 2.05) is 0 Å². The molecule has 0 N–H and O–H groups in total. The Morgan fingerprint density at radius 2 is 2.62 bits per heavy atom. The van der Waals surface area contributed by atoms with Gasteiger partial charge >= 0.3 is 0 Å². The highest BCUT2D eigenvalue weighted by Gasteiger charge is 2.20. The van der Waals surface area contributed by atoms with Gasteiger partial charge in [-0.05, 0) is 6.42 Å². The summed E-state index contributed by atoms with van der Waals surface area (Å²) >= 11 is 1.80. The number of rotatable bonds is 1. The number of Topliss-reactive ketones (excluding diaryl/α,β-unsaturated/α-hetero) is 1. The molecule has 0 aromatic heterocycles. The van der Waals surface area contributed by atoms with Crippen LogP contribution in [0.1, 0.15) is 19.8 Å². The van der Waals surface area contributed by atoms with Crippen molar-refractivity contribution in [2.45, 2.75) is 25.0 Å². The zero-order chi connectivity index (χ0) is 5.98. The molecule has 0 aromatic carbocycles. The molecule has 2 heteroatoms. The van der Waals surface area contributed by atoms with E-state index in [0.717, 1.165) is 18.6 Å². The van der Waals surface area contributed by atoms with Crippen LogP contribution in [0.5, 0.6) is 0 Å². The van der Waals surface area contributed by atoms with Gasteiger partial charge < -0.3 is 0 Å².